The molecular formula is C8H12N2O2. The number of hydrogen-bond acceptors (Lipinski definition) is 3. The van der Waals surface area contributed by atoms with E-state index in [1.54, 1.807) is 4.68 Å². The van der Waals surface area contributed by atoms with Gasteiger partial charge in [0, 0.05) is 12.8 Å². The van der Waals surface area contributed by atoms with Crippen LogP contribution in [0.5, 0.6) is 5.95 Å². The molecule has 1 aromatic rings. The molecule has 0 spiro atoms. The van der Waals surface area contributed by atoms with Gasteiger partial charge in [-0.3, -0.25) is 0 Å². The van der Waals surface area contributed by atoms with Gasteiger partial charge in [-0.1, -0.05) is 18.5 Å². The van der Waals surface area contributed by atoms with Crippen LogP contribution in [0, 0.1) is 5.41 Å². The van der Waals surface area contributed by atoms with Crippen LogP contribution in [0.3, 0.4) is 0 Å². The number of rotatable bonds is 0. The first-order valence-corrected chi connectivity index (χ1v) is 4.14. The van der Waals surface area contributed by atoms with Gasteiger partial charge in [-0.15, -0.1) is 0 Å². The van der Waals surface area contributed by atoms with Gasteiger partial charge < -0.3 is 9.63 Å². The molecule has 1 aliphatic rings. The zero-order valence-electron chi connectivity index (χ0n) is 7.33. The van der Waals surface area contributed by atoms with Crippen LogP contribution in [0.4, 0.5) is 0 Å². The molecule has 0 fully saturated rings. The van der Waals surface area contributed by atoms with Crippen molar-refractivity contribution in [3.63, 3.8) is 0 Å². The van der Waals surface area contributed by atoms with Gasteiger partial charge in [0.1, 0.15) is 0 Å². The Kier molecular flexibility index (Phi) is 1.40. The molecule has 0 bridgehead atoms. The molecule has 0 unspecified atom stereocenters. The number of aryl methyl sites for hydroxylation is 1. The molecule has 2 heterocycles. The number of aromatic nitrogens is 2. The van der Waals surface area contributed by atoms with Crippen molar-refractivity contribution in [1.82, 2.24) is 5.27 Å². The Hall–Kier alpha value is -1.06. The fourth-order valence-corrected chi connectivity index (χ4v) is 1.58. The van der Waals surface area contributed by atoms with E-state index in [1.807, 2.05) is 0 Å². The van der Waals surface area contributed by atoms with E-state index in [9.17, 15) is 5.11 Å². The van der Waals surface area contributed by atoms with Crippen molar-refractivity contribution in [2.75, 3.05) is 0 Å². The van der Waals surface area contributed by atoms with Gasteiger partial charge in [0.15, 0.2) is 12.5 Å². The quantitative estimate of drug-likeness (QED) is 0.513. The van der Waals surface area contributed by atoms with E-state index in [4.69, 9.17) is 0 Å². The maximum absolute atomic E-state index is 11.1. The van der Waals surface area contributed by atoms with Crippen LogP contribution >= 0.6 is 0 Å². The normalized spacial score (nSPS) is 20.5. The first kappa shape index (κ1) is 7.58. The highest BCUT2D eigenvalue weighted by molar-refractivity contribution is 5.06. The molecule has 1 aromatic heterocycles. The van der Waals surface area contributed by atoms with Crippen LogP contribution in [0.2, 0.25) is 0 Å². The summed E-state index contributed by atoms with van der Waals surface area (Å²) in [5.74, 6) is -0.275. The second kappa shape index (κ2) is 2.21. The zero-order chi connectivity index (χ0) is 8.77. The van der Waals surface area contributed by atoms with Crippen molar-refractivity contribution in [3.8, 4) is 5.95 Å². The topological polar surface area (TPSA) is 53.0 Å². The van der Waals surface area contributed by atoms with Crippen LogP contribution in [0.25, 0.3) is 0 Å². The summed E-state index contributed by atoms with van der Waals surface area (Å²) < 4.78 is 6.24. The highest BCUT2D eigenvalue weighted by Crippen LogP contribution is 2.30. The zero-order valence-corrected chi connectivity index (χ0v) is 7.33. The third-order valence-electron chi connectivity index (χ3n) is 2.42. The second-order valence-electron chi connectivity index (χ2n) is 4.12. The maximum Gasteiger partial charge on any atom is 0.233 e. The number of nitrogens with zero attached hydrogens (tertiary/aromatic N) is 2. The van der Waals surface area contributed by atoms with Gasteiger partial charge in [0.25, 0.3) is 0 Å². The molecule has 4 heteroatoms. The Labute approximate surface area is 70.8 Å². The van der Waals surface area contributed by atoms with Gasteiger partial charge in [0.2, 0.25) is 5.69 Å². The van der Waals surface area contributed by atoms with Crippen LogP contribution in [-0.4, -0.2) is 5.27 Å². The summed E-state index contributed by atoms with van der Waals surface area (Å²) in [5.41, 5.74) is 0.927. The van der Waals surface area contributed by atoms with Crippen LogP contribution in [0.1, 0.15) is 26.0 Å². The summed E-state index contributed by atoms with van der Waals surface area (Å²) in [4.78, 5) is 0. The lowest BCUT2D eigenvalue weighted by Crippen LogP contribution is -2.47. The third-order valence-corrected chi connectivity index (χ3v) is 2.42. The van der Waals surface area contributed by atoms with Crippen molar-refractivity contribution < 1.29 is 14.3 Å². The fourth-order valence-electron chi connectivity index (χ4n) is 1.58. The van der Waals surface area contributed by atoms with Crippen molar-refractivity contribution in [1.29, 1.82) is 0 Å². The molecule has 66 valence electrons. The van der Waals surface area contributed by atoms with E-state index in [2.05, 4.69) is 23.6 Å². The van der Waals surface area contributed by atoms with Gasteiger partial charge in [-0.25, -0.2) is 0 Å². The van der Waals surface area contributed by atoms with Crippen LogP contribution in [-0.2, 0) is 13.0 Å². The Balaban J connectivity index is 2.38. The predicted octanol–water partition coefficient (Wildman–Crippen LogP) is 0.00810. The van der Waals surface area contributed by atoms with Crippen LogP contribution < -0.4 is 9.79 Å². The molecule has 0 saturated carbocycles. The van der Waals surface area contributed by atoms with Gasteiger partial charge >= 0.3 is 0 Å². The fraction of sp³-hybridized carbons (Fsp3) is 0.750. The minimum atomic E-state index is -0.275. The van der Waals surface area contributed by atoms with E-state index in [0.717, 1.165) is 19.4 Å². The first-order chi connectivity index (χ1) is 5.58. The van der Waals surface area contributed by atoms with E-state index in [0.29, 0.717) is 5.69 Å². The van der Waals surface area contributed by atoms with E-state index in [-0.39, 0.29) is 11.4 Å². The molecule has 12 heavy (non-hydrogen) atoms. The Morgan fingerprint density at radius 3 is 3.08 bits per heavy atom. The smallest absolute Gasteiger partial charge is 0.233 e. The number of fused-ring (bicyclic) bond motifs is 1. The molecule has 0 aromatic carbocycles. The largest absolute Gasteiger partial charge is 0.539 e. The van der Waals surface area contributed by atoms with Crippen molar-refractivity contribution in [2.24, 2.45) is 5.41 Å². The first-order valence-electron chi connectivity index (χ1n) is 4.14. The highest BCUT2D eigenvalue weighted by Gasteiger charge is 2.33. The standard InChI is InChI=1S/C8H12N2O2/c1-8(2)3-4-10-6(5-8)7(11)12-9-10/h3-5H2,1-2H3. The lowest BCUT2D eigenvalue weighted by Gasteiger charge is -2.24. The average molecular weight is 168 g/mol. The molecule has 2 rings (SSSR count). The van der Waals surface area contributed by atoms with E-state index in [1.165, 1.54) is 0 Å². The van der Waals surface area contributed by atoms with E-state index >= 15 is 0 Å². The van der Waals surface area contributed by atoms with Crippen molar-refractivity contribution in [2.45, 2.75) is 33.2 Å². The molecule has 0 amide bonds. The Bertz CT molecular complexity index is 304. The molecule has 1 aliphatic heterocycles. The Morgan fingerprint density at radius 1 is 1.58 bits per heavy atom. The molecule has 0 atom stereocenters. The third kappa shape index (κ3) is 1.07. The summed E-state index contributed by atoms with van der Waals surface area (Å²) in [7, 11) is 0. The van der Waals surface area contributed by atoms with Gasteiger partial charge in [-0.2, -0.15) is 0 Å². The molecule has 0 aliphatic carbocycles. The predicted molar refractivity (Wildman–Crippen MR) is 38.2 cm³/mol. The highest BCUT2D eigenvalue weighted by atomic mass is 16.6. The average Bonchev–Trinajstić information content (AvgIpc) is 2.31. The summed E-state index contributed by atoms with van der Waals surface area (Å²) >= 11 is 0. The second-order valence-corrected chi connectivity index (χ2v) is 4.12. The lowest BCUT2D eigenvalue weighted by atomic mass is 9.82. The van der Waals surface area contributed by atoms with Crippen molar-refractivity contribution >= 4 is 0 Å². The number of hydrogen-bond donors (Lipinski definition) is 0. The van der Waals surface area contributed by atoms with E-state index < -0.39 is 0 Å². The summed E-state index contributed by atoms with van der Waals surface area (Å²) in [6.45, 7) is 5.11. The SMILES string of the molecule is CC1(C)CC[n+]2noc([O-])c2C1. The van der Waals surface area contributed by atoms with Gasteiger partial charge in [0.05, 0.1) is 5.27 Å². The molecule has 0 saturated heterocycles. The Morgan fingerprint density at radius 2 is 2.33 bits per heavy atom. The summed E-state index contributed by atoms with van der Waals surface area (Å²) in [6, 6.07) is 0. The minimum Gasteiger partial charge on any atom is -0.539 e. The van der Waals surface area contributed by atoms with Crippen molar-refractivity contribution in [3.05, 3.63) is 5.69 Å². The molecule has 0 radical (unpaired) electrons. The lowest BCUT2D eigenvalue weighted by molar-refractivity contribution is -0.775. The minimum absolute atomic E-state index is 0.213. The molecule has 0 N–H and O–H groups in total. The molecular weight excluding hydrogens is 156 g/mol. The summed E-state index contributed by atoms with van der Waals surface area (Å²) in [6.07, 6.45) is 1.83. The summed E-state index contributed by atoms with van der Waals surface area (Å²) in [5, 5.41) is 14.8. The molecule has 4 nitrogen and oxygen atoms in total. The van der Waals surface area contributed by atoms with Crippen LogP contribution in [0.15, 0.2) is 4.52 Å². The maximum atomic E-state index is 11.1. The monoisotopic (exact) mass is 168 g/mol. The van der Waals surface area contributed by atoms with Gasteiger partial charge in [-0.05, 0) is 5.41 Å².